The van der Waals surface area contributed by atoms with E-state index in [1.165, 1.54) is 46.9 Å². The van der Waals surface area contributed by atoms with Crippen molar-refractivity contribution >= 4 is 23.5 Å². The second-order valence-electron chi connectivity index (χ2n) is 5.99. The van der Waals surface area contributed by atoms with Gasteiger partial charge in [-0.1, -0.05) is 19.4 Å². The molecule has 1 aliphatic carbocycles. The normalized spacial score (nSPS) is 17.0. The fraction of sp³-hybridized carbons (Fsp3) is 0.333. The van der Waals surface area contributed by atoms with Crippen molar-refractivity contribution in [3.8, 4) is 11.5 Å². The number of carbonyl (C=O) groups excluding carboxylic acids is 1. The fourth-order valence-corrected chi connectivity index (χ4v) is 4.03. The van der Waals surface area contributed by atoms with E-state index in [1.54, 1.807) is 12.1 Å². The van der Waals surface area contributed by atoms with Crippen LogP contribution < -0.4 is 5.43 Å². The number of benzene rings is 1. The molecule has 1 aliphatic rings. The zero-order valence-corrected chi connectivity index (χ0v) is 14.3. The predicted molar refractivity (Wildman–Crippen MR) is 95.0 cm³/mol. The second kappa shape index (κ2) is 7.05. The smallest absolute Gasteiger partial charge is 0.281 e. The van der Waals surface area contributed by atoms with Crippen molar-refractivity contribution in [2.24, 2.45) is 11.0 Å². The molecule has 1 amide bonds. The molecule has 1 aromatic carbocycles. The SMILES string of the molecule is CC[C@@H]1CCc2sc(C(=O)N/N=C/c3cccc(O)c3O)cc2C1. The van der Waals surface area contributed by atoms with Crippen LogP contribution in [0.5, 0.6) is 11.5 Å². The molecule has 0 saturated heterocycles. The monoisotopic (exact) mass is 344 g/mol. The number of para-hydroxylation sites is 1. The van der Waals surface area contributed by atoms with Crippen molar-refractivity contribution in [1.82, 2.24) is 5.43 Å². The lowest BCUT2D eigenvalue weighted by Gasteiger charge is -2.19. The minimum absolute atomic E-state index is 0.221. The molecule has 1 heterocycles. The van der Waals surface area contributed by atoms with Crippen molar-refractivity contribution in [1.29, 1.82) is 0 Å². The Bertz CT molecular complexity index is 783. The number of carbonyl (C=O) groups is 1. The molecule has 6 heteroatoms. The third-order valence-electron chi connectivity index (χ3n) is 4.40. The van der Waals surface area contributed by atoms with Crippen LogP contribution in [0, 0.1) is 5.92 Å². The summed E-state index contributed by atoms with van der Waals surface area (Å²) in [4.78, 5) is 14.2. The maximum atomic E-state index is 12.2. The molecular formula is C18H20N2O3S. The van der Waals surface area contributed by atoms with Crippen LogP contribution in [0.2, 0.25) is 0 Å². The van der Waals surface area contributed by atoms with Crippen LogP contribution in [-0.2, 0) is 12.8 Å². The number of phenols is 2. The highest BCUT2D eigenvalue weighted by Gasteiger charge is 2.21. The molecule has 0 aliphatic heterocycles. The summed E-state index contributed by atoms with van der Waals surface area (Å²) >= 11 is 1.53. The third-order valence-corrected chi connectivity index (χ3v) is 5.64. The van der Waals surface area contributed by atoms with Gasteiger partial charge in [0.25, 0.3) is 5.91 Å². The standard InChI is InChI=1S/C18H20N2O3S/c1-2-11-6-7-15-13(8-11)9-16(24-15)18(23)20-19-10-12-4-3-5-14(21)17(12)22/h3-5,9-11,21-22H,2,6-8H2,1H3,(H,20,23)/b19-10+/t11-/m1/s1. The number of aryl methyl sites for hydroxylation is 1. The Balaban J connectivity index is 1.67. The average molecular weight is 344 g/mol. The molecule has 0 radical (unpaired) electrons. The minimum Gasteiger partial charge on any atom is -0.504 e. The zero-order valence-electron chi connectivity index (χ0n) is 13.5. The van der Waals surface area contributed by atoms with Crippen molar-refractivity contribution in [3.05, 3.63) is 45.1 Å². The minimum atomic E-state index is -0.257. The highest BCUT2D eigenvalue weighted by molar-refractivity contribution is 7.14. The number of hydrogen-bond acceptors (Lipinski definition) is 5. The van der Waals surface area contributed by atoms with Gasteiger partial charge in [-0.05, 0) is 48.9 Å². The Hall–Kier alpha value is -2.34. The largest absolute Gasteiger partial charge is 0.504 e. The Morgan fingerprint density at radius 2 is 2.29 bits per heavy atom. The summed E-state index contributed by atoms with van der Waals surface area (Å²) in [6, 6.07) is 6.54. The second-order valence-corrected chi connectivity index (χ2v) is 7.13. The van der Waals surface area contributed by atoms with Gasteiger partial charge in [-0.15, -0.1) is 11.3 Å². The van der Waals surface area contributed by atoms with Crippen LogP contribution in [0.1, 0.15) is 45.4 Å². The molecule has 1 aromatic heterocycles. The number of phenolic OH excluding ortho intramolecular Hbond substituents is 2. The molecule has 3 N–H and O–H groups in total. The van der Waals surface area contributed by atoms with Crippen LogP contribution in [0.15, 0.2) is 29.4 Å². The molecule has 0 unspecified atom stereocenters. The molecule has 0 bridgehead atoms. The van der Waals surface area contributed by atoms with Gasteiger partial charge in [0, 0.05) is 10.4 Å². The lowest BCUT2D eigenvalue weighted by Crippen LogP contribution is -2.16. The number of hydrogen-bond donors (Lipinski definition) is 3. The summed E-state index contributed by atoms with van der Waals surface area (Å²) < 4.78 is 0. The fourth-order valence-electron chi connectivity index (χ4n) is 2.93. The van der Waals surface area contributed by atoms with E-state index in [-0.39, 0.29) is 17.4 Å². The molecule has 126 valence electrons. The number of fused-ring (bicyclic) bond motifs is 1. The topological polar surface area (TPSA) is 81.9 Å². The Morgan fingerprint density at radius 3 is 3.08 bits per heavy atom. The molecule has 2 aromatic rings. The summed E-state index contributed by atoms with van der Waals surface area (Å²) in [6.07, 6.45) is 5.78. The van der Waals surface area contributed by atoms with Crippen LogP contribution in [-0.4, -0.2) is 22.3 Å². The maximum Gasteiger partial charge on any atom is 0.281 e. The van der Waals surface area contributed by atoms with Gasteiger partial charge in [0.2, 0.25) is 0 Å². The number of aromatic hydroxyl groups is 2. The molecule has 24 heavy (non-hydrogen) atoms. The molecule has 0 saturated carbocycles. The number of nitrogens with one attached hydrogen (secondary N) is 1. The van der Waals surface area contributed by atoms with Crippen molar-refractivity contribution in [2.75, 3.05) is 0 Å². The molecular weight excluding hydrogens is 324 g/mol. The number of hydrazone groups is 1. The van der Waals surface area contributed by atoms with E-state index in [0.29, 0.717) is 10.4 Å². The van der Waals surface area contributed by atoms with Gasteiger partial charge in [0.1, 0.15) is 0 Å². The predicted octanol–water partition coefficient (Wildman–Crippen LogP) is 3.44. The van der Waals surface area contributed by atoms with Crippen LogP contribution in [0.3, 0.4) is 0 Å². The highest BCUT2D eigenvalue weighted by Crippen LogP contribution is 2.33. The van der Waals surface area contributed by atoms with E-state index in [1.807, 2.05) is 6.07 Å². The van der Waals surface area contributed by atoms with Crippen LogP contribution in [0.4, 0.5) is 0 Å². The van der Waals surface area contributed by atoms with Gasteiger partial charge < -0.3 is 10.2 Å². The molecule has 3 rings (SSSR count). The zero-order chi connectivity index (χ0) is 17.1. The van der Waals surface area contributed by atoms with E-state index in [9.17, 15) is 15.0 Å². The van der Waals surface area contributed by atoms with Crippen molar-refractivity contribution < 1.29 is 15.0 Å². The number of nitrogens with zero attached hydrogens (tertiary/aromatic N) is 1. The molecule has 0 spiro atoms. The first-order valence-corrected chi connectivity index (χ1v) is 8.86. The van der Waals surface area contributed by atoms with Crippen LogP contribution >= 0.6 is 11.3 Å². The number of rotatable bonds is 4. The molecule has 5 nitrogen and oxygen atoms in total. The Morgan fingerprint density at radius 1 is 1.46 bits per heavy atom. The maximum absolute atomic E-state index is 12.2. The quantitative estimate of drug-likeness (QED) is 0.451. The summed E-state index contributed by atoms with van der Waals surface area (Å²) in [5.74, 6) is -0.0116. The van der Waals surface area contributed by atoms with Gasteiger partial charge in [0.05, 0.1) is 11.1 Å². The van der Waals surface area contributed by atoms with E-state index in [2.05, 4.69) is 17.5 Å². The van der Waals surface area contributed by atoms with Gasteiger partial charge in [-0.3, -0.25) is 4.79 Å². The van der Waals surface area contributed by atoms with Crippen molar-refractivity contribution in [3.63, 3.8) is 0 Å². The van der Waals surface area contributed by atoms with E-state index < -0.39 is 0 Å². The van der Waals surface area contributed by atoms with E-state index in [0.717, 1.165) is 18.8 Å². The lowest BCUT2D eigenvalue weighted by molar-refractivity contribution is 0.0959. The van der Waals surface area contributed by atoms with Gasteiger partial charge >= 0.3 is 0 Å². The summed E-state index contributed by atoms with van der Waals surface area (Å²) in [5, 5.41) is 23.0. The van der Waals surface area contributed by atoms with Crippen molar-refractivity contribution in [2.45, 2.75) is 32.6 Å². The first-order valence-electron chi connectivity index (χ1n) is 8.04. The Kier molecular flexibility index (Phi) is 4.85. The highest BCUT2D eigenvalue weighted by atomic mass is 32.1. The van der Waals surface area contributed by atoms with E-state index in [4.69, 9.17) is 0 Å². The van der Waals surface area contributed by atoms with Gasteiger partial charge in [-0.25, -0.2) is 5.43 Å². The average Bonchev–Trinajstić information content (AvgIpc) is 3.01. The summed E-state index contributed by atoms with van der Waals surface area (Å²) in [5.41, 5.74) is 4.11. The van der Waals surface area contributed by atoms with E-state index >= 15 is 0 Å². The lowest BCUT2D eigenvalue weighted by atomic mass is 9.87. The third kappa shape index (κ3) is 3.43. The van der Waals surface area contributed by atoms with Crippen LogP contribution in [0.25, 0.3) is 0 Å². The van der Waals surface area contributed by atoms with Gasteiger partial charge in [0.15, 0.2) is 11.5 Å². The first-order chi connectivity index (χ1) is 11.6. The number of thiophene rings is 1. The molecule has 1 atom stereocenters. The first kappa shape index (κ1) is 16.5. The molecule has 0 fully saturated rings. The Labute approximate surface area is 144 Å². The summed E-state index contributed by atoms with van der Waals surface area (Å²) in [6.45, 7) is 2.21. The number of amides is 1. The van der Waals surface area contributed by atoms with Gasteiger partial charge in [-0.2, -0.15) is 5.10 Å². The summed E-state index contributed by atoms with van der Waals surface area (Å²) in [7, 11) is 0.